The molecule has 0 unspecified atom stereocenters. The summed E-state index contributed by atoms with van der Waals surface area (Å²) < 4.78 is -0.580. The van der Waals surface area contributed by atoms with Crippen LogP contribution in [0, 0.1) is 0 Å². The molecule has 1 fully saturated rings. The Bertz CT molecular complexity index is 1010. The summed E-state index contributed by atoms with van der Waals surface area (Å²) in [6.07, 6.45) is -0.701. The Kier molecular flexibility index (Phi) is 7.24. The van der Waals surface area contributed by atoms with Gasteiger partial charge >= 0.3 is 6.09 Å². The highest BCUT2D eigenvalue weighted by molar-refractivity contribution is 8.01. The fourth-order valence-corrected chi connectivity index (χ4v) is 6.43. The molecule has 0 bridgehead atoms. The molecular formula is C27H28N2O4S. The van der Waals surface area contributed by atoms with E-state index in [0.717, 1.165) is 21.8 Å². The highest BCUT2D eigenvalue weighted by atomic mass is 32.2. The topological polar surface area (TPSA) is 70.1 Å². The van der Waals surface area contributed by atoms with E-state index in [0.29, 0.717) is 6.42 Å². The van der Waals surface area contributed by atoms with Crippen LogP contribution in [0.2, 0.25) is 0 Å². The summed E-state index contributed by atoms with van der Waals surface area (Å²) in [4.78, 5) is 31.2. The minimum absolute atomic E-state index is 0.115. The van der Waals surface area contributed by atoms with Crippen LogP contribution in [0.3, 0.4) is 0 Å². The molecule has 7 heteroatoms. The van der Waals surface area contributed by atoms with Crippen molar-refractivity contribution < 1.29 is 19.5 Å². The zero-order chi connectivity index (χ0) is 24.1. The molecule has 6 nitrogen and oxygen atoms in total. The largest absolute Gasteiger partial charge is 0.465 e. The standard InChI is InChI=1S/C27H28N2O4S/c1-28(33-2)25(30)24-18-23(19-29(24)26(31)32)34-27(20-12-6-3-7-13-20,21-14-8-4-9-15-21)22-16-10-5-11-17-22/h3-17,23-24H,18-19H2,1-2H3,(H,31,32)/t23-,24+/m1/s1. The number of thioether (sulfide) groups is 1. The maximum absolute atomic E-state index is 12.9. The minimum atomic E-state index is -1.10. The zero-order valence-electron chi connectivity index (χ0n) is 19.2. The van der Waals surface area contributed by atoms with E-state index < -0.39 is 16.9 Å². The van der Waals surface area contributed by atoms with Crippen molar-refractivity contribution in [2.45, 2.75) is 22.5 Å². The molecule has 0 spiro atoms. The first-order chi connectivity index (χ1) is 16.5. The summed E-state index contributed by atoms with van der Waals surface area (Å²) in [6, 6.07) is 30.0. The first kappa shape index (κ1) is 23.9. The van der Waals surface area contributed by atoms with Gasteiger partial charge < -0.3 is 5.11 Å². The van der Waals surface area contributed by atoms with E-state index in [1.54, 1.807) is 11.8 Å². The Morgan fingerprint density at radius 3 is 1.74 bits per heavy atom. The summed E-state index contributed by atoms with van der Waals surface area (Å²) in [5.41, 5.74) is 3.30. The lowest BCUT2D eigenvalue weighted by atomic mass is 9.84. The van der Waals surface area contributed by atoms with Gasteiger partial charge in [0.15, 0.2) is 0 Å². The predicted octanol–water partition coefficient (Wildman–Crippen LogP) is 4.85. The summed E-state index contributed by atoms with van der Waals surface area (Å²) in [5.74, 6) is -0.363. The number of hydrogen-bond donors (Lipinski definition) is 1. The Balaban J connectivity index is 1.81. The third-order valence-corrected chi connectivity index (χ3v) is 8.00. The second kappa shape index (κ2) is 10.3. The molecule has 0 aliphatic carbocycles. The van der Waals surface area contributed by atoms with Gasteiger partial charge in [-0.25, -0.2) is 9.86 Å². The van der Waals surface area contributed by atoms with Crippen LogP contribution in [0.25, 0.3) is 0 Å². The van der Waals surface area contributed by atoms with Crippen LogP contribution in [0.4, 0.5) is 4.79 Å². The van der Waals surface area contributed by atoms with Crippen LogP contribution in [0.15, 0.2) is 91.0 Å². The van der Waals surface area contributed by atoms with Gasteiger partial charge in [0.25, 0.3) is 5.91 Å². The monoisotopic (exact) mass is 476 g/mol. The molecule has 2 atom stereocenters. The van der Waals surface area contributed by atoms with Crippen molar-refractivity contribution in [3.63, 3.8) is 0 Å². The highest BCUT2D eigenvalue weighted by Crippen LogP contribution is 2.52. The molecule has 0 radical (unpaired) electrons. The van der Waals surface area contributed by atoms with E-state index in [1.165, 1.54) is 19.1 Å². The molecular weight excluding hydrogens is 448 g/mol. The van der Waals surface area contributed by atoms with Gasteiger partial charge in [0.05, 0.1) is 11.9 Å². The molecule has 1 aliphatic rings. The SMILES string of the molecule is CON(C)C(=O)[C@@H]1C[C@@H](SC(c2ccccc2)(c2ccccc2)c2ccccc2)CN1C(=O)O. The first-order valence-electron chi connectivity index (χ1n) is 11.1. The molecule has 3 aromatic carbocycles. The molecule has 0 aromatic heterocycles. The van der Waals surface area contributed by atoms with Crippen LogP contribution in [-0.2, 0) is 14.4 Å². The number of likely N-dealkylation sites (N-methyl/N-ethyl adjacent to an activating group) is 1. The van der Waals surface area contributed by atoms with Gasteiger partial charge in [0.2, 0.25) is 0 Å². The van der Waals surface area contributed by atoms with Crippen LogP contribution >= 0.6 is 11.8 Å². The number of amides is 2. The number of hydrogen-bond acceptors (Lipinski definition) is 4. The van der Waals surface area contributed by atoms with Crippen molar-refractivity contribution in [3.8, 4) is 0 Å². The predicted molar refractivity (Wildman–Crippen MR) is 134 cm³/mol. The third kappa shape index (κ3) is 4.54. The second-order valence-corrected chi connectivity index (χ2v) is 9.74. The fraction of sp³-hybridized carbons (Fsp3) is 0.259. The van der Waals surface area contributed by atoms with Crippen molar-refractivity contribution in [2.75, 3.05) is 20.7 Å². The molecule has 0 saturated carbocycles. The average molecular weight is 477 g/mol. The second-order valence-electron chi connectivity index (χ2n) is 8.22. The van der Waals surface area contributed by atoms with Gasteiger partial charge in [-0.3, -0.25) is 14.5 Å². The van der Waals surface area contributed by atoms with Crippen LogP contribution in [0.5, 0.6) is 0 Å². The fourth-order valence-electron chi connectivity index (χ4n) is 4.60. The van der Waals surface area contributed by atoms with E-state index in [9.17, 15) is 14.7 Å². The van der Waals surface area contributed by atoms with Gasteiger partial charge in [-0.2, -0.15) is 0 Å². The number of carbonyl (C=O) groups excluding carboxylic acids is 1. The Morgan fingerprint density at radius 1 is 0.912 bits per heavy atom. The van der Waals surface area contributed by atoms with Gasteiger partial charge in [-0.05, 0) is 23.1 Å². The lowest BCUT2D eigenvalue weighted by Crippen LogP contribution is -2.45. The third-order valence-electron chi connectivity index (χ3n) is 6.26. The lowest BCUT2D eigenvalue weighted by molar-refractivity contribution is -0.173. The van der Waals surface area contributed by atoms with Gasteiger partial charge in [-0.1, -0.05) is 91.0 Å². The number of benzene rings is 3. The van der Waals surface area contributed by atoms with E-state index >= 15 is 0 Å². The van der Waals surface area contributed by atoms with Gasteiger partial charge in [0, 0.05) is 18.8 Å². The normalized spacial score (nSPS) is 18.0. The van der Waals surface area contributed by atoms with E-state index in [1.807, 2.05) is 54.6 Å². The Morgan fingerprint density at radius 2 is 1.35 bits per heavy atom. The van der Waals surface area contributed by atoms with Crippen molar-refractivity contribution in [1.29, 1.82) is 0 Å². The van der Waals surface area contributed by atoms with Crippen LogP contribution in [-0.4, -0.2) is 59.1 Å². The molecule has 4 rings (SSSR count). The zero-order valence-corrected chi connectivity index (χ0v) is 20.0. The van der Waals surface area contributed by atoms with Crippen LogP contribution < -0.4 is 0 Å². The number of hydroxylamine groups is 2. The smallest absolute Gasteiger partial charge is 0.408 e. The number of likely N-dealkylation sites (tertiary alicyclic amines) is 1. The molecule has 1 heterocycles. The summed E-state index contributed by atoms with van der Waals surface area (Å²) in [6.45, 7) is 0.252. The highest BCUT2D eigenvalue weighted by Gasteiger charge is 2.46. The molecule has 2 amide bonds. The maximum atomic E-state index is 12.9. The summed E-state index contributed by atoms with van der Waals surface area (Å²) in [5, 5.41) is 10.8. The molecule has 1 N–H and O–H groups in total. The van der Waals surface area contributed by atoms with Crippen molar-refractivity contribution in [3.05, 3.63) is 108 Å². The van der Waals surface area contributed by atoms with Crippen molar-refractivity contribution in [2.24, 2.45) is 0 Å². The minimum Gasteiger partial charge on any atom is -0.465 e. The van der Waals surface area contributed by atoms with E-state index in [2.05, 4.69) is 36.4 Å². The first-order valence-corrected chi connectivity index (χ1v) is 12.0. The van der Waals surface area contributed by atoms with E-state index in [-0.39, 0.29) is 17.7 Å². The van der Waals surface area contributed by atoms with Gasteiger partial charge in [-0.15, -0.1) is 11.8 Å². The number of nitrogens with zero attached hydrogens (tertiary/aromatic N) is 2. The number of rotatable bonds is 7. The molecule has 1 saturated heterocycles. The lowest BCUT2D eigenvalue weighted by Gasteiger charge is -2.37. The van der Waals surface area contributed by atoms with E-state index in [4.69, 9.17) is 4.84 Å². The summed E-state index contributed by atoms with van der Waals surface area (Å²) in [7, 11) is 2.90. The van der Waals surface area contributed by atoms with Crippen LogP contribution in [0.1, 0.15) is 23.1 Å². The molecule has 34 heavy (non-hydrogen) atoms. The number of carboxylic acid groups (broad SMARTS) is 1. The quantitative estimate of drug-likeness (QED) is 0.390. The summed E-state index contributed by atoms with van der Waals surface area (Å²) >= 11 is 1.70. The van der Waals surface area contributed by atoms with Gasteiger partial charge in [0.1, 0.15) is 6.04 Å². The maximum Gasteiger partial charge on any atom is 0.408 e. The van der Waals surface area contributed by atoms with Crippen molar-refractivity contribution in [1.82, 2.24) is 9.96 Å². The molecule has 176 valence electrons. The Labute approximate surface area is 204 Å². The average Bonchev–Trinajstić information content (AvgIpc) is 3.32. The number of carbonyl (C=O) groups is 2. The molecule has 3 aromatic rings. The Hall–Kier alpha value is -3.29. The molecule has 1 aliphatic heterocycles. The van der Waals surface area contributed by atoms with Crippen molar-refractivity contribution >= 4 is 23.8 Å².